The average molecular weight is 492 g/mol. The molecule has 0 saturated carbocycles. The summed E-state index contributed by atoms with van der Waals surface area (Å²) in [4.78, 5) is 43.4. The molecule has 4 rings (SSSR count). The summed E-state index contributed by atoms with van der Waals surface area (Å²) in [6.45, 7) is 2.58. The fourth-order valence-corrected chi connectivity index (χ4v) is 4.79. The molecular weight excluding hydrogens is 461 g/mol. The first kappa shape index (κ1) is 25.2. The minimum Gasteiger partial charge on any atom is -0.333 e. The zero-order valence-electron chi connectivity index (χ0n) is 20.3. The van der Waals surface area contributed by atoms with E-state index in [9.17, 15) is 18.8 Å². The number of hydrogen-bond donors (Lipinski definition) is 1. The minimum atomic E-state index is -0.718. The van der Waals surface area contributed by atoms with Crippen molar-refractivity contribution in [2.24, 2.45) is 0 Å². The molecule has 0 radical (unpaired) electrons. The first-order valence-corrected chi connectivity index (χ1v) is 12.1. The highest BCUT2D eigenvalue weighted by molar-refractivity contribution is 5.91. The van der Waals surface area contributed by atoms with Crippen LogP contribution in [0.3, 0.4) is 0 Å². The van der Waals surface area contributed by atoms with E-state index in [0.717, 1.165) is 11.1 Å². The van der Waals surface area contributed by atoms with Gasteiger partial charge in [0.2, 0.25) is 11.8 Å². The number of nitrogens with one attached hydrogen (secondary N) is 1. The fraction of sp³-hybridized carbons (Fsp3) is 0.370. The number of benzene rings is 2. The molecule has 2 saturated heterocycles. The Balaban J connectivity index is 1.63. The zero-order chi connectivity index (χ0) is 25.7. The van der Waals surface area contributed by atoms with Gasteiger partial charge in [-0.1, -0.05) is 61.7 Å². The predicted molar refractivity (Wildman–Crippen MR) is 132 cm³/mol. The summed E-state index contributed by atoms with van der Waals surface area (Å²) in [7, 11) is 0. The van der Waals surface area contributed by atoms with Crippen LogP contribution in [-0.2, 0) is 22.7 Å². The predicted octanol–water partition coefficient (Wildman–Crippen LogP) is 2.57. The van der Waals surface area contributed by atoms with E-state index in [1.807, 2.05) is 37.3 Å². The Labute approximate surface area is 210 Å². The maximum atomic E-state index is 13.5. The van der Waals surface area contributed by atoms with Crippen LogP contribution in [0.4, 0.5) is 9.18 Å². The lowest BCUT2D eigenvalue weighted by Gasteiger charge is -2.55. The van der Waals surface area contributed by atoms with Gasteiger partial charge in [0.25, 0.3) is 0 Å². The van der Waals surface area contributed by atoms with Gasteiger partial charge in [0.15, 0.2) is 0 Å². The van der Waals surface area contributed by atoms with E-state index in [1.54, 1.807) is 26.9 Å². The van der Waals surface area contributed by atoms with Gasteiger partial charge in [-0.2, -0.15) is 5.01 Å². The largest absolute Gasteiger partial charge is 0.334 e. The quantitative estimate of drug-likeness (QED) is 0.604. The summed E-state index contributed by atoms with van der Waals surface area (Å²) in [5, 5.41) is 5.96. The van der Waals surface area contributed by atoms with Crippen LogP contribution in [0.5, 0.6) is 0 Å². The van der Waals surface area contributed by atoms with Crippen LogP contribution in [0.1, 0.15) is 30.9 Å². The molecule has 8 nitrogen and oxygen atoms in total. The molecule has 0 aliphatic carbocycles. The first-order chi connectivity index (χ1) is 17.4. The molecule has 9 heteroatoms. The molecular formula is C27H30FN5O3. The van der Waals surface area contributed by atoms with Crippen molar-refractivity contribution in [3.05, 3.63) is 71.5 Å². The third kappa shape index (κ3) is 5.34. The van der Waals surface area contributed by atoms with Gasteiger partial charge in [-0.15, -0.1) is 6.42 Å². The van der Waals surface area contributed by atoms with Crippen LogP contribution in [0.15, 0.2) is 54.6 Å². The van der Waals surface area contributed by atoms with Crippen LogP contribution in [-0.4, -0.2) is 69.5 Å². The third-order valence-corrected chi connectivity index (χ3v) is 6.45. The Bertz CT molecular complexity index is 1130. The number of amides is 4. The molecule has 0 bridgehead atoms. The van der Waals surface area contributed by atoms with Gasteiger partial charge < -0.3 is 15.1 Å². The Morgan fingerprint density at radius 1 is 1.11 bits per heavy atom. The first-order valence-electron chi connectivity index (χ1n) is 12.1. The van der Waals surface area contributed by atoms with Gasteiger partial charge in [0, 0.05) is 13.1 Å². The molecule has 1 N–H and O–H groups in total. The van der Waals surface area contributed by atoms with Crippen molar-refractivity contribution in [3.63, 3.8) is 0 Å². The number of rotatable bonds is 7. The van der Waals surface area contributed by atoms with E-state index >= 15 is 0 Å². The summed E-state index contributed by atoms with van der Waals surface area (Å²) >= 11 is 0. The monoisotopic (exact) mass is 491 g/mol. The highest BCUT2D eigenvalue weighted by Crippen LogP contribution is 2.29. The Hall–Kier alpha value is -3.90. The number of nitrogens with zero attached hydrogens (tertiary/aromatic N) is 4. The number of halogens is 1. The molecule has 0 unspecified atom stereocenters. The van der Waals surface area contributed by atoms with Crippen LogP contribution in [0, 0.1) is 18.2 Å². The van der Waals surface area contributed by atoms with Crippen LogP contribution in [0.25, 0.3) is 0 Å². The molecule has 2 aromatic rings. The molecule has 2 atom stereocenters. The topological polar surface area (TPSA) is 76.2 Å². The average Bonchev–Trinajstić information content (AvgIpc) is 2.87. The molecule has 0 spiro atoms. The number of terminal acetylenes is 1. The molecule has 2 aliphatic heterocycles. The normalized spacial score (nSPS) is 20.2. The highest BCUT2D eigenvalue weighted by Gasteiger charge is 2.50. The van der Waals surface area contributed by atoms with Gasteiger partial charge in [-0.3, -0.25) is 9.59 Å². The lowest BCUT2D eigenvalue weighted by molar-refractivity contribution is -0.189. The summed E-state index contributed by atoms with van der Waals surface area (Å²) < 4.78 is 13.4. The van der Waals surface area contributed by atoms with Gasteiger partial charge in [0.1, 0.15) is 18.0 Å². The van der Waals surface area contributed by atoms with E-state index in [4.69, 9.17) is 6.42 Å². The maximum Gasteiger partial charge on any atom is 0.334 e. The van der Waals surface area contributed by atoms with E-state index in [2.05, 4.69) is 11.2 Å². The van der Waals surface area contributed by atoms with Gasteiger partial charge in [0.05, 0.1) is 19.6 Å². The molecule has 4 amide bonds. The highest BCUT2D eigenvalue weighted by atomic mass is 19.1. The van der Waals surface area contributed by atoms with Crippen molar-refractivity contribution in [3.8, 4) is 12.3 Å². The SMILES string of the molecule is C#CCN1CC(=O)N2[C@@H](CCC)C(=O)N(Cc3ccc(F)cc3)C[C@@H]2N1C(=O)NCc1ccccc1. The van der Waals surface area contributed by atoms with E-state index in [1.165, 1.54) is 17.1 Å². The summed E-state index contributed by atoms with van der Waals surface area (Å²) in [6, 6.07) is 14.4. The molecule has 188 valence electrons. The van der Waals surface area contributed by atoms with Crippen molar-refractivity contribution in [2.75, 3.05) is 19.6 Å². The van der Waals surface area contributed by atoms with Gasteiger partial charge >= 0.3 is 6.03 Å². The molecule has 2 heterocycles. The number of piperazine rings is 1. The number of urea groups is 1. The second-order valence-corrected chi connectivity index (χ2v) is 8.95. The van der Waals surface area contributed by atoms with Crippen molar-refractivity contribution in [2.45, 2.75) is 45.1 Å². The Morgan fingerprint density at radius 3 is 2.50 bits per heavy atom. The molecule has 0 aromatic heterocycles. The summed E-state index contributed by atoms with van der Waals surface area (Å²) in [5.74, 6) is 1.75. The van der Waals surface area contributed by atoms with Crippen molar-refractivity contribution >= 4 is 17.8 Å². The second-order valence-electron chi connectivity index (χ2n) is 8.95. The number of carbonyl (C=O) groups is 3. The zero-order valence-corrected chi connectivity index (χ0v) is 20.3. The smallest absolute Gasteiger partial charge is 0.333 e. The lowest BCUT2D eigenvalue weighted by Crippen LogP contribution is -2.76. The molecule has 36 heavy (non-hydrogen) atoms. The van der Waals surface area contributed by atoms with Gasteiger partial charge in [-0.05, 0) is 29.7 Å². The van der Waals surface area contributed by atoms with E-state index in [-0.39, 0.29) is 43.8 Å². The minimum absolute atomic E-state index is 0.0686. The number of fused-ring (bicyclic) bond motifs is 1. The Morgan fingerprint density at radius 2 is 1.83 bits per heavy atom. The Kier molecular flexibility index (Phi) is 7.86. The summed E-state index contributed by atoms with van der Waals surface area (Å²) in [6.07, 6.45) is 6.01. The lowest BCUT2D eigenvalue weighted by atomic mass is 10.0. The van der Waals surface area contributed by atoms with Crippen molar-refractivity contribution in [1.29, 1.82) is 0 Å². The molecule has 2 aromatic carbocycles. The summed E-state index contributed by atoms with van der Waals surface area (Å²) in [5.41, 5.74) is 1.69. The molecule has 2 aliphatic rings. The fourth-order valence-electron chi connectivity index (χ4n) is 4.79. The van der Waals surface area contributed by atoms with Crippen LogP contribution in [0.2, 0.25) is 0 Å². The van der Waals surface area contributed by atoms with Crippen molar-refractivity contribution < 1.29 is 18.8 Å². The standard InChI is InChI=1S/C27H30FN5O3/c1-3-8-23-26(35)30(17-21-11-13-22(28)14-12-21)18-24-32(23)25(34)19-31(15-4-2)33(24)27(36)29-16-20-9-6-5-7-10-20/h2,5-7,9-14,23-24H,3,8,15-19H2,1H3,(H,29,36)/t23-,24-/m0/s1. The van der Waals surface area contributed by atoms with E-state index in [0.29, 0.717) is 19.4 Å². The van der Waals surface area contributed by atoms with Crippen LogP contribution >= 0.6 is 0 Å². The van der Waals surface area contributed by atoms with Gasteiger partial charge in [-0.25, -0.2) is 14.2 Å². The third-order valence-electron chi connectivity index (χ3n) is 6.45. The maximum absolute atomic E-state index is 13.5. The number of carbonyl (C=O) groups excluding carboxylic acids is 3. The molecule has 2 fully saturated rings. The number of hydrazine groups is 1. The number of hydrogen-bond acceptors (Lipinski definition) is 4. The van der Waals surface area contributed by atoms with Crippen molar-refractivity contribution in [1.82, 2.24) is 25.1 Å². The van der Waals surface area contributed by atoms with Crippen LogP contribution < -0.4 is 5.32 Å². The second kappa shape index (κ2) is 11.2. The van der Waals surface area contributed by atoms with E-state index < -0.39 is 18.2 Å².